The first-order valence-corrected chi connectivity index (χ1v) is 9.76. The Morgan fingerprint density at radius 3 is 2.33 bits per heavy atom. The first-order chi connectivity index (χ1) is 10.6. The summed E-state index contributed by atoms with van der Waals surface area (Å²) < 4.78 is 1.45. The Bertz CT molecular complexity index is 502. The van der Waals surface area contributed by atoms with Gasteiger partial charge in [0.15, 0.2) is 0 Å². The van der Waals surface area contributed by atoms with Gasteiger partial charge in [0.2, 0.25) is 0 Å². The van der Waals surface area contributed by atoms with Gasteiger partial charge in [-0.3, -0.25) is 0 Å². The van der Waals surface area contributed by atoms with Crippen molar-refractivity contribution < 1.29 is 5.11 Å². The molecule has 1 atom stereocenters. The van der Waals surface area contributed by atoms with E-state index in [1.807, 2.05) is 6.07 Å². The highest BCUT2D eigenvalue weighted by atomic mass is 35.5. The van der Waals surface area contributed by atoms with Crippen LogP contribution in [0.1, 0.15) is 43.6 Å². The largest absolute Gasteiger partial charge is 0.389 e. The molecule has 2 heterocycles. The number of hydrogen-bond donors (Lipinski definition) is 2. The average Bonchev–Trinajstić information content (AvgIpc) is 2.85. The van der Waals surface area contributed by atoms with Crippen LogP contribution >= 0.6 is 59.4 Å². The molecule has 1 saturated carbocycles. The summed E-state index contributed by atoms with van der Waals surface area (Å²) in [6.07, 6.45) is 5.16. The van der Waals surface area contributed by atoms with Gasteiger partial charge in [-0.05, 0) is 24.5 Å². The highest BCUT2D eigenvalue weighted by Crippen LogP contribution is 2.45. The molecule has 140 valence electrons. The number of thiophene rings is 1. The van der Waals surface area contributed by atoms with Crippen molar-refractivity contribution >= 4 is 59.4 Å². The Hall–Kier alpha value is 0.740. The van der Waals surface area contributed by atoms with E-state index < -0.39 is 5.60 Å². The molecule has 0 aromatic carbocycles. The van der Waals surface area contributed by atoms with Crippen molar-refractivity contribution in [2.24, 2.45) is 0 Å². The van der Waals surface area contributed by atoms with E-state index in [-0.39, 0.29) is 30.7 Å². The number of aliphatic hydroxyl groups is 1. The highest BCUT2D eigenvalue weighted by Gasteiger charge is 2.41. The molecular weight excluding hydrogens is 410 g/mol. The van der Waals surface area contributed by atoms with Gasteiger partial charge in [0, 0.05) is 38.6 Å². The molecule has 0 amide bonds. The molecule has 1 aliphatic heterocycles. The third-order valence-corrected chi connectivity index (χ3v) is 6.59. The average molecular weight is 436 g/mol. The van der Waals surface area contributed by atoms with E-state index in [1.54, 1.807) is 0 Å². The summed E-state index contributed by atoms with van der Waals surface area (Å²) in [5, 5.41) is 14.7. The van der Waals surface area contributed by atoms with Gasteiger partial charge in [-0.25, -0.2) is 0 Å². The van der Waals surface area contributed by atoms with Gasteiger partial charge in [0.25, 0.3) is 0 Å². The van der Waals surface area contributed by atoms with Crippen LogP contribution < -0.4 is 5.32 Å². The van der Waals surface area contributed by atoms with Crippen LogP contribution in [0.5, 0.6) is 0 Å². The number of nitrogens with zero attached hydrogens (tertiary/aromatic N) is 1. The molecule has 3 rings (SSSR count). The topological polar surface area (TPSA) is 35.5 Å². The van der Waals surface area contributed by atoms with Crippen LogP contribution in [-0.2, 0) is 0 Å². The normalized spacial score (nSPS) is 22.3. The quantitative estimate of drug-likeness (QED) is 0.726. The second-order valence-corrected chi connectivity index (χ2v) is 8.83. The van der Waals surface area contributed by atoms with Crippen molar-refractivity contribution in [3.63, 3.8) is 0 Å². The summed E-state index contributed by atoms with van der Waals surface area (Å²) in [6.45, 7) is 4.96. The molecule has 2 fully saturated rings. The van der Waals surface area contributed by atoms with Gasteiger partial charge in [0.05, 0.1) is 14.3 Å². The molecule has 3 nitrogen and oxygen atoms in total. The summed E-state index contributed by atoms with van der Waals surface area (Å²) in [6, 6.07) is 1.97. The van der Waals surface area contributed by atoms with Crippen LogP contribution in [0.3, 0.4) is 0 Å². The van der Waals surface area contributed by atoms with Crippen molar-refractivity contribution in [2.75, 3.05) is 32.7 Å². The fourth-order valence-corrected chi connectivity index (χ4v) is 5.39. The standard InChI is InChI=1S/C16H24Cl2N2OS.2ClH/c17-14-10-12(15(18)22-14)13(11-20-8-6-19-7-9-20)16(21)4-2-1-3-5-16;;/h10,13,19,21H,1-9,11H2;2*1H. The molecule has 8 heteroatoms. The van der Waals surface area contributed by atoms with E-state index in [2.05, 4.69) is 10.2 Å². The zero-order valence-electron chi connectivity index (χ0n) is 13.6. The molecule has 0 radical (unpaired) electrons. The second-order valence-electron chi connectivity index (χ2n) is 6.55. The number of rotatable bonds is 4. The monoisotopic (exact) mass is 434 g/mol. The van der Waals surface area contributed by atoms with Gasteiger partial charge in [-0.2, -0.15) is 0 Å². The van der Waals surface area contributed by atoms with Crippen molar-refractivity contribution in [2.45, 2.75) is 43.6 Å². The summed E-state index contributed by atoms with van der Waals surface area (Å²) >= 11 is 14.0. The fourth-order valence-electron chi connectivity index (χ4n) is 3.81. The van der Waals surface area contributed by atoms with Crippen molar-refractivity contribution in [1.29, 1.82) is 0 Å². The van der Waals surface area contributed by atoms with Crippen LogP contribution in [0.2, 0.25) is 8.67 Å². The first kappa shape index (κ1) is 22.8. The van der Waals surface area contributed by atoms with Crippen LogP contribution in [-0.4, -0.2) is 48.3 Å². The summed E-state index contributed by atoms with van der Waals surface area (Å²) in [5.41, 5.74) is 0.400. The predicted molar refractivity (Wildman–Crippen MR) is 109 cm³/mol. The number of piperazine rings is 1. The Morgan fingerprint density at radius 1 is 1.17 bits per heavy atom. The van der Waals surface area contributed by atoms with Gasteiger partial charge in [-0.15, -0.1) is 36.2 Å². The molecule has 1 aromatic heterocycles. The predicted octanol–water partition coefficient (Wildman–Crippen LogP) is 4.58. The summed E-state index contributed by atoms with van der Waals surface area (Å²) in [5.74, 6) is 0.0575. The van der Waals surface area contributed by atoms with Crippen molar-refractivity contribution in [3.05, 3.63) is 20.3 Å². The number of hydrogen-bond acceptors (Lipinski definition) is 4. The molecule has 1 unspecified atom stereocenters. The molecule has 0 spiro atoms. The van der Waals surface area contributed by atoms with E-state index in [9.17, 15) is 5.11 Å². The molecule has 1 aliphatic carbocycles. The Balaban J connectivity index is 0.00000144. The lowest BCUT2D eigenvalue weighted by Crippen LogP contribution is -2.49. The molecular formula is C16H26Cl4N2OS. The number of halogens is 4. The maximum absolute atomic E-state index is 11.3. The Kier molecular flexibility index (Phi) is 9.66. The van der Waals surface area contributed by atoms with Crippen molar-refractivity contribution in [1.82, 2.24) is 10.2 Å². The third kappa shape index (κ3) is 5.37. The SMILES string of the molecule is Cl.Cl.OC1(C(CN2CCNCC2)c2cc(Cl)sc2Cl)CCCCC1. The van der Waals surface area contributed by atoms with Crippen LogP contribution in [0.4, 0.5) is 0 Å². The Morgan fingerprint density at radius 2 is 1.79 bits per heavy atom. The van der Waals surface area contributed by atoms with E-state index in [0.29, 0.717) is 4.34 Å². The van der Waals surface area contributed by atoms with E-state index in [1.165, 1.54) is 17.8 Å². The van der Waals surface area contributed by atoms with Crippen LogP contribution in [0.25, 0.3) is 0 Å². The summed E-state index contributed by atoms with van der Waals surface area (Å²) in [7, 11) is 0. The molecule has 1 saturated heterocycles. The molecule has 24 heavy (non-hydrogen) atoms. The zero-order valence-corrected chi connectivity index (χ0v) is 17.6. The van der Waals surface area contributed by atoms with Gasteiger partial charge >= 0.3 is 0 Å². The Labute approximate surface area is 170 Å². The fraction of sp³-hybridized carbons (Fsp3) is 0.750. The lowest BCUT2D eigenvalue weighted by Gasteiger charge is -2.42. The van der Waals surface area contributed by atoms with Gasteiger partial charge in [-0.1, -0.05) is 42.5 Å². The maximum atomic E-state index is 11.3. The lowest BCUT2D eigenvalue weighted by atomic mass is 9.73. The summed E-state index contributed by atoms with van der Waals surface area (Å²) in [4.78, 5) is 2.44. The smallest absolute Gasteiger partial charge is 0.0980 e. The van der Waals surface area contributed by atoms with Gasteiger partial charge in [0.1, 0.15) is 0 Å². The molecule has 0 bridgehead atoms. The molecule has 1 aromatic rings. The second kappa shape index (κ2) is 10.2. The van der Waals surface area contributed by atoms with Crippen molar-refractivity contribution in [3.8, 4) is 0 Å². The first-order valence-electron chi connectivity index (χ1n) is 8.19. The van der Waals surface area contributed by atoms with E-state index in [0.717, 1.165) is 68.3 Å². The third-order valence-electron chi connectivity index (χ3n) is 5.08. The minimum absolute atomic E-state index is 0. The van der Waals surface area contributed by atoms with E-state index >= 15 is 0 Å². The number of nitrogens with one attached hydrogen (secondary N) is 1. The molecule has 2 aliphatic rings. The van der Waals surface area contributed by atoms with E-state index in [4.69, 9.17) is 23.2 Å². The zero-order chi connectivity index (χ0) is 15.6. The van der Waals surface area contributed by atoms with Crippen LogP contribution in [0.15, 0.2) is 6.07 Å². The minimum atomic E-state index is -0.642. The maximum Gasteiger partial charge on any atom is 0.0980 e. The highest BCUT2D eigenvalue weighted by molar-refractivity contribution is 7.20. The minimum Gasteiger partial charge on any atom is -0.389 e. The lowest BCUT2D eigenvalue weighted by molar-refractivity contribution is -0.0315. The van der Waals surface area contributed by atoms with Gasteiger partial charge < -0.3 is 15.3 Å². The van der Waals surface area contributed by atoms with Crippen LogP contribution in [0, 0.1) is 0 Å². The molecule has 2 N–H and O–H groups in total.